The minimum atomic E-state index is 0.755. The van der Waals surface area contributed by atoms with E-state index >= 15 is 0 Å². The van der Waals surface area contributed by atoms with Crippen LogP contribution in [0.3, 0.4) is 0 Å². The van der Waals surface area contributed by atoms with E-state index in [1.165, 1.54) is 32.2 Å². The molecule has 2 heteroatoms. The van der Waals surface area contributed by atoms with Gasteiger partial charge in [-0.15, -0.1) is 0 Å². The molecule has 0 bridgehead atoms. The van der Waals surface area contributed by atoms with Crippen molar-refractivity contribution >= 4 is 0 Å². The number of hydrogen-bond donors (Lipinski definition) is 2. The molecule has 0 aliphatic heterocycles. The maximum absolute atomic E-state index is 3.63. The molecule has 2 N–H and O–H groups in total. The fourth-order valence-corrected chi connectivity index (χ4v) is 2.98. The molecule has 1 aromatic carbocycles. The molecule has 2 rings (SSSR count). The van der Waals surface area contributed by atoms with Crippen molar-refractivity contribution in [2.24, 2.45) is 11.8 Å². The van der Waals surface area contributed by atoms with Gasteiger partial charge in [-0.3, -0.25) is 0 Å². The third-order valence-corrected chi connectivity index (χ3v) is 4.14. The van der Waals surface area contributed by atoms with Crippen LogP contribution in [0, 0.1) is 11.8 Å². The van der Waals surface area contributed by atoms with Gasteiger partial charge in [0.05, 0.1) is 0 Å². The second-order valence-electron chi connectivity index (χ2n) is 6.53. The van der Waals surface area contributed by atoms with Gasteiger partial charge in [0.25, 0.3) is 0 Å². The maximum Gasteiger partial charge on any atom is -0.00172 e. The van der Waals surface area contributed by atoms with Crippen molar-refractivity contribution in [2.75, 3.05) is 26.2 Å². The summed E-state index contributed by atoms with van der Waals surface area (Å²) in [5.41, 5.74) is 3.14. The summed E-state index contributed by atoms with van der Waals surface area (Å²) in [5, 5.41) is 7.13. The van der Waals surface area contributed by atoms with Crippen LogP contribution in [0.1, 0.15) is 37.8 Å². The van der Waals surface area contributed by atoms with Crippen LogP contribution in [0.4, 0.5) is 0 Å². The van der Waals surface area contributed by atoms with E-state index in [9.17, 15) is 0 Å². The third-order valence-electron chi connectivity index (χ3n) is 4.14. The molecule has 0 aromatic heterocycles. The van der Waals surface area contributed by atoms with Gasteiger partial charge in [-0.2, -0.15) is 0 Å². The zero-order valence-electron chi connectivity index (χ0n) is 13.1. The minimum absolute atomic E-state index is 0.755. The largest absolute Gasteiger partial charge is 0.316 e. The van der Waals surface area contributed by atoms with Crippen LogP contribution in [-0.2, 0) is 12.8 Å². The van der Waals surface area contributed by atoms with Crippen LogP contribution in [0.15, 0.2) is 24.3 Å². The standard InChI is InChI=1S/C18H30N2/c1-15(2)13-19-10-5-11-20-14-16-8-9-17-6-3-4-7-18(17)12-16/h3-4,6-7,15-16,19-20H,5,8-14H2,1-2H3. The van der Waals surface area contributed by atoms with Gasteiger partial charge in [0.15, 0.2) is 0 Å². The van der Waals surface area contributed by atoms with Crippen molar-refractivity contribution < 1.29 is 0 Å². The van der Waals surface area contributed by atoms with Gasteiger partial charge in [0.1, 0.15) is 0 Å². The van der Waals surface area contributed by atoms with Crippen molar-refractivity contribution in [2.45, 2.75) is 39.5 Å². The highest BCUT2D eigenvalue weighted by Crippen LogP contribution is 2.24. The van der Waals surface area contributed by atoms with E-state index in [1.807, 2.05) is 0 Å². The molecule has 0 spiro atoms. The lowest BCUT2D eigenvalue weighted by atomic mass is 9.84. The van der Waals surface area contributed by atoms with Gasteiger partial charge >= 0.3 is 0 Å². The molecule has 1 atom stereocenters. The van der Waals surface area contributed by atoms with E-state index in [-0.39, 0.29) is 0 Å². The molecule has 0 amide bonds. The molecular formula is C18H30N2. The van der Waals surface area contributed by atoms with E-state index in [1.54, 1.807) is 11.1 Å². The van der Waals surface area contributed by atoms with Gasteiger partial charge in [0, 0.05) is 0 Å². The highest BCUT2D eigenvalue weighted by Gasteiger charge is 2.17. The molecule has 20 heavy (non-hydrogen) atoms. The SMILES string of the molecule is CC(C)CNCCCNCC1CCc2ccccc2C1. The summed E-state index contributed by atoms with van der Waals surface area (Å²) in [7, 11) is 0. The van der Waals surface area contributed by atoms with E-state index in [0.717, 1.165) is 31.5 Å². The fourth-order valence-electron chi connectivity index (χ4n) is 2.98. The Hall–Kier alpha value is -0.860. The first-order valence-corrected chi connectivity index (χ1v) is 8.24. The molecule has 1 aliphatic rings. The summed E-state index contributed by atoms with van der Waals surface area (Å²) >= 11 is 0. The highest BCUT2D eigenvalue weighted by molar-refractivity contribution is 5.29. The van der Waals surface area contributed by atoms with Crippen molar-refractivity contribution in [3.8, 4) is 0 Å². The minimum Gasteiger partial charge on any atom is -0.316 e. The van der Waals surface area contributed by atoms with Crippen molar-refractivity contribution in [3.05, 3.63) is 35.4 Å². The molecule has 0 fully saturated rings. The monoisotopic (exact) mass is 274 g/mol. The molecule has 2 nitrogen and oxygen atoms in total. The van der Waals surface area contributed by atoms with Gasteiger partial charge < -0.3 is 10.6 Å². The van der Waals surface area contributed by atoms with E-state index in [4.69, 9.17) is 0 Å². The average Bonchev–Trinajstić information content (AvgIpc) is 2.46. The van der Waals surface area contributed by atoms with Crippen LogP contribution >= 0.6 is 0 Å². The number of rotatable bonds is 8. The Bertz CT molecular complexity index is 387. The Labute approximate surface area is 124 Å². The zero-order valence-corrected chi connectivity index (χ0v) is 13.1. The van der Waals surface area contributed by atoms with Gasteiger partial charge in [0.2, 0.25) is 0 Å². The van der Waals surface area contributed by atoms with Crippen LogP contribution in [0.25, 0.3) is 0 Å². The first-order chi connectivity index (χ1) is 9.75. The molecule has 0 heterocycles. The lowest BCUT2D eigenvalue weighted by molar-refractivity contribution is 0.420. The second-order valence-corrected chi connectivity index (χ2v) is 6.53. The Kier molecular flexibility index (Phi) is 6.55. The topological polar surface area (TPSA) is 24.1 Å². The first kappa shape index (κ1) is 15.5. The molecule has 0 saturated heterocycles. The van der Waals surface area contributed by atoms with E-state index in [2.05, 4.69) is 48.7 Å². The molecule has 0 saturated carbocycles. The lowest BCUT2D eigenvalue weighted by Gasteiger charge is -2.24. The molecule has 1 aromatic rings. The average molecular weight is 274 g/mol. The summed E-state index contributed by atoms with van der Waals surface area (Å²) in [6, 6.07) is 8.94. The second kappa shape index (κ2) is 8.43. The van der Waals surface area contributed by atoms with Crippen molar-refractivity contribution in [1.29, 1.82) is 0 Å². The molecule has 1 unspecified atom stereocenters. The quantitative estimate of drug-likeness (QED) is 0.712. The highest BCUT2D eigenvalue weighted by atomic mass is 14.9. The molecular weight excluding hydrogens is 244 g/mol. The summed E-state index contributed by atoms with van der Waals surface area (Å²) in [6.07, 6.45) is 5.10. The zero-order chi connectivity index (χ0) is 14.2. The number of benzene rings is 1. The van der Waals surface area contributed by atoms with Crippen LogP contribution in [0.5, 0.6) is 0 Å². The predicted molar refractivity (Wildman–Crippen MR) is 87.2 cm³/mol. The number of hydrogen-bond acceptors (Lipinski definition) is 2. The summed E-state index contributed by atoms with van der Waals surface area (Å²) in [4.78, 5) is 0. The smallest absolute Gasteiger partial charge is 0.00172 e. The molecule has 0 radical (unpaired) electrons. The van der Waals surface area contributed by atoms with Gasteiger partial charge in [-0.25, -0.2) is 0 Å². The van der Waals surface area contributed by atoms with Crippen molar-refractivity contribution in [3.63, 3.8) is 0 Å². The van der Waals surface area contributed by atoms with Crippen LogP contribution in [0.2, 0.25) is 0 Å². The predicted octanol–water partition coefficient (Wildman–Crippen LogP) is 3.02. The summed E-state index contributed by atoms with van der Waals surface area (Å²) in [5.74, 6) is 1.58. The lowest BCUT2D eigenvalue weighted by Crippen LogP contribution is -2.30. The Morgan fingerprint density at radius 3 is 2.65 bits per heavy atom. The Balaban J connectivity index is 1.55. The van der Waals surface area contributed by atoms with E-state index in [0.29, 0.717) is 0 Å². The first-order valence-electron chi connectivity index (χ1n) is 8.24. The Morgan fingerprint density at radius 2 is 1.85 bits per heavy atom. The number of nitrogens with one attached hydrogen (secondary N) is 2. The van der Waals surface area contributed by atoms with Gasteiger partial charge in [-0.05, 0) is 74.8 Å². The third kappa shape index (κ3) is 5.26. The fraction of sp³-hybridized carbons (Fsp3) is 0.667. The molecule has 112 valence electrons. The van der Waals surface area contributed by atoms with Crippen molar-refractivity contribution in [1.82, 2.24) is 10.6 Å². The number of aryl methyl sites for hydroxylation is 1. The van der Waals surface area contributed by atoms with Crippen LogP contribution < -0.4 is 10.6 Å². The number of fused-ring (bicyclic) bond motifs is 1. The normalized spacial score (nSPS) is 18.2. The maximum atomic E-state index is 3.63. The van der Waals surface area contributed by atoms with Gasteiger partial charge in [-0.1, -0.05) is 38.1 Å². The van der Waals surface area contributed by atoms with Crippen LogP contribution in [-0.4, -0.2) is 26.2 Å². The summed E-state index contributed by atoms with van der Waals surface area (Å²) in [6.45, 7) is 9.11. The van der Waals surface area contributed by atoms with E-state index < -0.39 is 0 Å². The summed E-state index contributed by atoms with van der Waals surface area (Å²) < 4.78 is 0. The Morgan fingerprint density at radius 1 is 1.10 bits per heavy atom. The molecule has 1 aliphatic carbocycles.